The zero-order chi connectivity index (χ0) is 14.6. The van der Waals surface area contributed by atoms with Gasteiger partial charge in [0.25, 0.3) is 0 Å². The summed E-state index contributed by atoms with van der Waals surface area (Å²) in [5.74, 6) is 1.62. The molecule has 2 nitrogen and oxygen atoms in total. The molecule has 0 bridgehead atoms. The predicted molar refractivity (Wildman–Crippen MR) is 85.6 cm³/mol. The first-order valence-electron chi connectivity index (χ1n) is 8.06. The van der Waals surface area contributed by atoms with Gasteiger partial charge in [0.1, 0.15) is 11.4 Å². The highest BCUT2D eigenvalue weighted by Crippen LogP contribution is 2.39. The van der Waals surface area contributed by atoms with E-state index in [0.717, 1.165) is 25.3 Å². The Balaban J connectivity index is 2.02. The smallest absolute Gasteiger partial charge is 0.120 e. The van der Waals surface area contributed by atoms with E-state index in [-0.39, 0.29) is 5.60 Å². The molecule has 1 saturated carbocycles. The number of ether oxygens (including phenoxy) is 1. The molecule has 1 N–H and O–H groups in total. The van der Waals surface area contributed by atoms with Gasteiger partial charge in [0.05, 0.1) is 0 Å². The fraction of sp³-hybridized carbons (Fsp3) is 0.667. The van der Waals surface area contributed by atoms with Crippen molar-refractivity contribution in [3.63, 3.8) is 0 Å². The number of nitrogens with one attached hydrogen (secondary N) is 1. The molecule has 20 heavy (non-hydrogen) atoms. The maximum absolute atomic E-state index is 6.36. The summed E-state index contributed by atoms with van der Waals surface area (Å²) < 4.78 is 6.36. The lowest BCUT2D eigenvalue weighted by Crippen LogP contribution is -2.45. The molecular formula is C18H29NO. The molecule has 0 spiro atoms. The molecule has 0 saturated heterocycles. The third-order valence-corrected chi connectivity index (χ3v) is 4.47. The van der Waals surface area contributed by atoms with Gasteiger partial charge in [0.15, 0.2) is 0 Å². The molecule has 0 unspecified atom stereocenters. The standard InChI is InChI=1S/C18H29NO/c1-5-19-12-11-18(9-6-10-18)20-16-7-8-17(14(2)3)15(4)13-16/h7-8,13-14,19H,5-6,9-12H2,1-4H3. The molecule has 1 aromatic rings. The Kier molecular flexibility index (Phi) is 5.09. The monoisotopic (exact) mass is 275 g/mol. The summed E-state index contributed by atoms with van der Waals surface area (Å²) in [4.78, 5) is 0. The summed E-state index contributed by atoms with van der Waals surface area (Å²) in [6, 6.07) is 6.59. The molecule has 0 aliphatic heterocycles. The molecule has 2 heteroatoms. The highest BCUT2D eigenvalue weighted by molar-refractivity contribution is 5.37. The molecule has 1 aliphatic rings. The van der Waals surface area contributed by atoms with E-state index >= 15 is 0 Å². The van der Waals surface area contributed by atoms with E-state index in [2.05, 4.69) is 51.2 Å². The molecule has 112 valence electrons. The van der Waals surface area contributed by atoms with Crippen LogP contribution in [-0.4, -0.2) is 18.7 Å². The van der Waals surface area contributed by atoms with E-state index in [0.29, 0.717) is 5.92 Å². The van der Waals surface area contributed by atoms with Crippen LogP contribution in [0.3, 0.4) is 0 Å². The SMILES string of the molecule is CCNCCC1(Oc2ccc(C(C)C)c(C)c2)CCC1. The summed E-state index contributed by atoms with van der Waals surface area (Å²) in [6.07, 6.45) is 4.81. The van der Waals surface area contributed by atoms with Crippen molar-refractivity contribution in [2.24, 2.45) is 0 Å². The topological polar surface area (TPSA) is 21.3 Å². The third kappa shape index (κ3) is 3.54. The molecule has 1 aromatic carbocycles. The molecular weight excluding hydrogens is 246 g/mol. The Morgan fingerprint density at radius 1 is 1.30 bits per heavy atom. The summed E-state index contributed by atoms with van der Waals surface area (Å²) >= 11 is 0. The molecule has 0 atom stereocenters. The minimum absolute atomic E-state index is 0.0912. The maximum atomic E-state index is 6.36. The van der Waals surface area contributed by atoms with Crippen LogP contribution in [0.25, 0.3) is 0 Å². The van der Waals surface area contributed by atoms with Gasteiger partial charge < -0.3 is 10.1 Å². The van der Waals surface area contributed by atoms with Crippen molar-refractivity contribution in [2.45, 2.75) is 64.9 Å². The highest BCUT2D eigenvalue weighted by Gasteiger charge is 2.38. The molecule has 1 aliphatic carbocycles. The van der Waals surface area contributed by atoms with Crippen molar-refractivity contribution in [3.8, 4) is 5.75 Å². The molecule has 1 fully saturated rings. The predicted octanol–water partition coefficient (Wildman–Crippen LogP) is 4.42. The average molecular weight is 275 g/mol. The number of rotatable bonds is 7. The first kappa shape index (κ1) is 15.4. The fourth-order valence-electron chi connectivity index (χ4n) is 3.08. The lowest BCUT2D eigenvalue weighted by Gasteiger charge is -2.42. The second-order valence-corrected chi connectivity index (χ2v) is 6.42. The minimum atomic E-state index is 0.0912. The summed E-state index contributed by atoms with van der Waals surface area (Å²) in [5.41, 5.74) is 2.86. The molecule has 0 radical (unpaired) electrons. The largest absolute Gasteiger partial charge is 0.487 e. The summed E-state index contributed by atoms with van der Waals surface area (Å²) in [6.45, 7) is 10.9. The van der Waals surface area contributed by atoms with Gasteiger partial charge in [-0.2, -0.15) is 0 Å². The number of benzene rings is 1. The van der Waals surface area contributed by atoms with Gasteiger partial charge in [-0.05, 0) is 74.9 Å². The van der Waals surface area contributed by atoms with Gasteiger partial charge >= 0.3 is 0 Å². The first-order chi connectivity index (χ1) is 9.56. The zero-order valence-corrected chi connectivity index (χ0v) is 13.5. The third-order valence-electron chi connectivity index (χ3n) is 4.47. The van der Waals surface area contributed by atoms with Crippen molar-refractivity contribution < 1.29 is 4.74 Å². The van der Waals surface area contributed by atoms with Crippen LogP contribution in [0.5, 0.6) is 5.75 Å². The number of hydrogen-bond acceptors (Lipinski definition) is 2. The van der Waals surface area contributed by atoms with Crippen molar-refractivity contribution in [3.05, 3.63) is 29.3 Å². The van der Waals surface area contributed by atoms with E-state index in [1.165, 1.54) is 30.4 Å². The van der Waals surface area contributed by atoms with Crippen molar-refractivity contribution in [1.82, 2.24) is 5.32 Å². The Morgan fingerprint density at radius 2 is 2.05 bits per heavy atom. The Morgan fingerprint density at radius 3 is 2.55 bits per heavy atom. The molecule has 0 heterocycles. The lowest BCUT2D eigenvalue weighted by atomic mass is 9.77. The van der Waals surface area contributed by atoms with Crippen molar-refractivity contribution >= 4 is 0 Å². The lowest BCUT2D eigenvalue weighted by molar-refractivity contribution is -0.0141. The first-order valence-corrected chi connectivity index (χ1v) is 8.06. The van der Waals surface area contributed by atoms with E-state index in [9.17, 15) is 0 Å². The second-order valence-electron chi connectivity index (χ2n) is 6.42. The quantitative estimate of drug-likeness (QED) is 0.744. The summed E-state index contributed by atoms with van der Waals surface area (Å²) in [5, 5.41) is 3.41. The zero-order valence-electron chi connectivity index (χ0n) is 13.5. The Hall–Kier alpha value is -1.02. The van der Waals surface area contributed by atoms with E-state index < -0.39 is 0 Å². The van der Waals surface area contributed by atoms with Crippen LogP contribution in [0.2, 0.25) is 0 Å². The van der Waals surface area contributed by atoms with Crippen LogP contribution in [0.4, 0.5) is 0 Å². The van der Waals surface area contributed by atoms with Gasteiger partial charge in [-0.25, -0.2) is 0 Å². The normalized spacial score (nSPS) is 17.1. The average Bonchev–Trinajstić information content (AvgIpc) is 2.35. The molecule has 0 amide bonds. The number of hydrogen-bond donors (Lipinski definition) is 1. The van der Waals surface area contributed by atoms with Gasteiger partial charge in [-0.15, -0.1) is 0 Å². The van der Waals surface area contributed by atoms with Crippen LogP contribution in [0.15, 0.2) is 18.2 Å². The highest BCUT2D eigenvalue weighted by atomic mass is 16.5. The summed E-state index contributed by atoms with van der Waals surface area (Å²) in [7, 11) is 0. The van der Waals surface area contributed by atoms with E-state index in [1.807, 2.05) is 0 Å². The minimum Gasteiger partial charge on any atom is -0.487 e. The fourth-order valence-corrected chi connectivity index (χ4v) is 3.08. The number of aryl methyl sites for hydroxylation is 1. The van der Waals surface area contributed by atoms with Crippen molar-refractivity contribution in [2.75, 3.05) is 13.1 Å². The Bertz CT molecular complexity index is 435. The van der Waals surface area contributed by atoms with Gasteiger partial charge in [0, 0.05) is 0 Å². The van der Waals surface area contributed by atoms with Gasteiger partial charge in [0.2, 0.25) is 0 Å². The molecule has 0 aromatic heterocycles. The Labute approximate surface area is 123 Å². The van der Waals surface area contributed by atoms with Crippen LogP contribution in [0.1, 0.15) is 63.5 Å². The van der Waals surface area contributed by atoms with Gasteiger partial charge in [-0.1, -0.05) is 26.8 Å². The van der Waals surface area contributed by atoms with Crippen LogP contribution >= 0.6 is 0 Å². The van der Waals surface area contributed by atoms with E-state index in [4.69, 9.17) is 4.74 Å². The van der Waals surface area contributed by atoms with Crippen LogP contribution in [-0.2, 0) is 0 Å². The van der Waals surface area contributed by atoms with E-state index in [1.54, 1.807) is 0 Å². The second kappa shape index (κ2) is 6.62. The van der Waals surface area contributed by atoms with Gasteiger partial charge in [-0.3, -0.25) is 0 Å². The van der Waals surface area contributed by atoms with Crippen LogP contribution in [0, 0.1) is 6.92 Å². The van der Waals surface area contributed by atoms with Crippen LogP contribution < -0.4 is 10.1 Å². The maximum Gasteiger partial charge on any atom is 0.120 e. The molecule has 2 rings (SSSR count). The van der Waals surface area contributed by atoms with Crippen molar-refractivity contribution in [1.29, 1.82) is 0 Å².